The Morgan fingerprint density at radius 2 is 1.94 bits per heavy atom. The minimum atomic E-state index is -0.924. The Kier molecular flexibility index (Phi) is 8.54. The summed E-state index contributed by atoms with van der Waals surface area (Å²) < 4.78 is -1.18. The number of amides is 2. The molecule has 2 amide bonds. The van der Waals surface area contributed by atoms with Gasteiger partial charge >= 0.3 is 5.97 Å². The van der Waals surface area contributed by atoms with Crippen LogP contribution in [0.15, 0.2) is 12.7 Å². The van der Waals surface area contributed by atoms with E-state index in [-0.39, 0.29) is 18.4 Å². The van der Waals surface area contributed by atoms with Gasteiger partial charge in [-0.1, -0.05) is 38.7 Å². The zero-order valence-electron chi connectivity index (χ0n) is 20.1. The van der Waals surface area contributed by atoms with E-state index in [0.717, 1.165) is 44.9 Å². The zero-order valence-corrected chi connectivity index (χ0v) is 20.9. The largest absolute Gasteiger partial charge is 0.481 e. The average Bonchev–Trinajstić information content (AvgIpc) is 3.33. The first-order valence-corrected chi connectivity index (χ1v) is 13.3. The summed E-state index contributed by atoms with van der Waals surface area (Å²) in [5.74, 6) is -2.55. The third-order valence-electron chi connectivity index (χ3n) is 7.78. The highest BCUT2D eigenvalue weighted by molar-refractivity contribution is 8.02. The van der Waals surface area contributed by atoms with Crippen molar-refractivity contribution in [3.05, 3.63) is 12.7 Å². The number of rotatable bonds is 14. The van der Waals surface area contributed by atoms with Crippen LogP contribution in [0.1, 0.15) is 71.6 Å². The fourth-order valence-corrected chi connectivity index (χ4v) is 8.59. The van der Waals surface area contributed by atoms with Crippen molar-refractivity contribution in [1.82, 2.24) is 9.80 Å². The summed E-state index contributed by atoms with van der Waals surface area (Å²) in [6, 6.07) is -0.620. The average molecular weight is 481 g/mol. The maximum atomic E-state index is 14.0. The fourth-order valence-electron chi connectivity index (χ4n) is 6.24. The van der Waals surface area contributed by atoms with Gasteiger partial charge in [0.1, 0.15) is 6.04 Å². The first-order chi connectivity index (χ1) is 15.8. The Labute approximate surface area is 202 Å². The van der Waals surface area contributed by atoms with Gasteiger partial charge in [0.2, 0.25) is 11.8 Å². The predicted molar refractivity (Wildman–Crippen MR) is 130 cm³/mol. The standard InChI is InChI=1S/C25H40N2O5S/c1-4-6-9-15-26(14-5-2)22(30)20-25-13-12-24(3,33-25)19(23(31)32)18(25)21(29)27(20)16-10-7-8-11-17-28/h5,18-20,28H,2,4,6-17H2,1,3H3,(H,31,32)/t18-,19-,20?,24+,25?/m0/s1. The molecule has 2 unspecified atom stereocenters. The number of carboxylic acids is 1. The van der Waals surface area contributed by atoms with E-state index in [2.05, 4.69) is 13.5 Å². The molecule has 7 nitrogen and oxygen atoms in total. The molecule has 0 radical (unpaired) electrons. The second-order valence-electron chi connectivity index (χ2n) is 10.0. The van der Waals surface area contributed by atoms with Crippen LogP contribution >= 0.6 is 11.8 Å². The number of carbonyl (C=O) groups excluding carboxylic acids is 2. The van der Waals surface area contributed by atoms with Gasteiger partial charge in [-0.3, -0.25) is 14.4 Å². The van der Waals surface area contributed by atoms with Crippen LogP contribution in [0.2, 0.25) is 0 Å². The molecule has 0 saturated carbocycles. The van der Waals surface area contributed by atoms with Crippen molar-refractivity contribution < 1.29 is 24.6 Å². The third-order valence-corrected chi connectivity index (χ3v) is 9.76. The van der Waals surface area contributed by atoms with Crippen LogP contribution in [-0.4, -0.2) is 79.6 Å². The highest BCUT2D eigenvalue weighted by Gasteiger charge is 2.77. The number of carbonyl (C=O) groups is 3. The monoisotopic (exact) mass is 480 g/mol. The molecule has 2 bridgehead atoms. The molecule has 5 atom stereocenters. The number of aliphatic carboxylic acids is 1. The van der Waals surface area contributed by atoms with Crippen molar-refractivity contribution in [1.29, 1.82) is 0 Å². The normalized spacial score (nSPS) is 32.3. The van der Waals surface area contributed by atoms with Crippen LogP contribution in [-0.2, 0) is 14.4 Å². The van der Waals surface area contributed by atoms with Crippen LogP contribution in [0.3, 0.4) is 0 Å². The number of unbranched alkanes of at least 4 members (excludes halogenated alkanes) is 5. The van der Waals surface area contributed by atoms with E-state index in [9.17, 15) is 19.5 Å². The molecule has 3 rings (SSSR count). The van der Waals surface area contributed by atoms with E-state index in [1.807, 2.05) is 11.8 Å². The summed E-state index contributed by atoms with van der Waals surface area (Å²) in [5, 5.41) is 19.1. The molecule has 8 heteroatoms. The lowest BCUT2D eigenvalue weighted by atomic mass is 9.66. The molecule has 0 aromatic carbocycles. The third kappa shape index (κ3) is 4.70. The van der Waals surface area contributed by atoms with Crippen LogP contribution in [0.4, 0.5) is 0 Å². The Morgan fingerprint density at radius 1 is 1.21 bits per heavy atom. The quantitative estimate of drug-likeness (QED) is 0.292. The SMILES string of the molecule is C=CCN(CCCCC)C(=O)C1N(CCCCCCO)C(=O)[C@@H]2[C@@H](C(=O)O)[C@@]3(C)CCC12S3. The van der Waals surface area contributed by atoms with Gasteiger partial charge in [0, 0.05) is 31.0 Å². The Bertz CT molecular complexity index is 761. The summed E-state index contributed by atoms with van der Waals surface area (Å²) in [5.41, 5.74) is 0. The Hall–Kier alpha value is -1.54. The first-order valence-electron chi connectivity index (χ1n) is 12.5. The number of fused-ring (bicyclic) bond motifs is 1. The number of likely N-dealkylation sites (tertiary alicyclic amines) is 1. The van der Waals surface area contributed by atoms with Crippen molar-refractivity contribution in [2.75, 3.05) is 26.2 Å². The number of nitrogens with zero attached hydrogens (tertiary/aromatic N) is 2. The van der Waals surface area contributed by atoms with Crippen LogP contribution in [0, 0.1) is 11.8 Å². The van der Waals surface area contributed by atoms with Gasteiger partial charge in [0.25, 0.3) is 0 Å². The van der Waals surface area contributed by atoms with E-state index in [0.29, 0.717) is 32.5 Å². The molecule has 186 valence electrons. The smallest absolute Gasteiger partial charge is 0.308 e. The van der Waals surface area contributed by atoms with Crippen LogP contribution in [0.5, 0.6) is 0 Å². The Morgan fingerprint density at radius 3 is 2.58 bits per heavy atom. The summed E-state index contributed by atoms with van der Waals surface area (Å²) in [6.07, 6.45) is 9.33. The second kappa shape index (κ2) is 10.8. The number of hydrogen-bond acceptors (Lipinski definition) is 5. The second-order valence-corrected chi connectivity index (χ2v) is 11.9. The lowest BCUT2D eigenvalue weighted by Gasteiger charge is -2.37. The molecule has 0 aliphatic carbocycles. The van der Waals surface area contributed by atoms with E-state index in [1.165, 1.54) is 0 Å². The summed E-state index contributed by atoms with van der Waals surface area (Å²) in [7, 11) is 0. The maximum absolute atomic E-state index is 14.0. The molecule has 3 aliphatic rings. The van der Waals surface area contributed by atoms with E-state index in [4.69, 9.17) is 5.11 Å². The molecule has 0 aromatic rings. The summed E-state index contributed by atoms with van der Waals surface area (Å²) >= 11 is 1.59. The molecule has 33 heavy (non-hydrogen) atoms. The maximum Gasteiger partial charge on any atom is 0.308 e. The zero-order chi connectivity index (χ0) is 24.2. The summed E-state index contributed by atoms with van der Waals surface area (Å²) in [4.78, 5) is 43.6. The molecule has 3 heterocycles. The molecule has 3 fully saturated rings. The minimum Gasteiger partial charge on any atom is -0.481 e. The lowest BCUT2D eigenvalue weighted by Crippen LogP contribution is -2.55. The first kappa shape index (κ1) is 26.1. The van der Waals surface area contributed by atoms with Crippen molar-refractivity contribution in [3.63, 3.8) is 0 Å². The van der Waals surface area contributed by atoms with Crippen molar-refractivity contribution in [3.8, 4) is 0 Å². The topological polar surface area (TPSA) is 98.2 Å². The number of thioether (sulfide) groups is 1. The summed E-state index contributed by atoms with van der Waals surface area (Å²) in [6.45, 7) is 9.58. The van der Waals surface area contributed by atoms with Crippen LogP contribution in [0.25, 0.3) is 0 Å². The van der Waals surface area contributed by atoms with Gasteiger partial charge in [-0.25, -0.2) is 0 Å². The van der Waals surface area contributed by atoms with Gasteiger partial charge in [-0.2, -0.15) is 0 Å². The highest BCUT2D eigenvalue weighted by atomic mass is 32.2. The van der Waals surface area contributed by atoms with Gasteiger partial charge in [-0.05, 0) is 39.0 Å². The van der Waals surface area contributed by atoms with E-state index < -0.39 is 33.3 Å². The van der Waals surface area contributed by atoms with Gasteiger partial charge < -0.3 is 20.0 Å². The molecule has 2 N–H and O–H groups in total. The van der Waals surface area contributed by atoms with Crippen LogP contribution < -0.4 is 0 Å². The number of hydrogen-bond donors (Lipinski definition) is 2. The fraction of sp³-hybridized carbons (Fsp3) is 0.800. The van der Waals surface area contributed by atoms with Crippen molar-refractivity contribution in [2.45, 2.75) is 87.2 Å². The minimum absolute atomic E-state index is 0.0556. The molecule has 3 saturated heterocycles. The Balaban J connectivity index is 1.91. The number of carboxylic acid groups (broad SMARTS) is 1. The van der Waals surface area contributed by atoms with Crippen molar-refractivity contribution in [2.24, 2.45) is 11.8 Å². The lowest BCUT2D eigenvalue weighted by molar-refractivity contribution is -0.150. The predicted octanol–water partition coefficient (Wildman–Crippen LogP) is 3.31. The molecular formula is C25H40N2O5S. The molecule has 0 aromatic heterocycles. The van der Waals surface area contributed by atoms with Gasteiger partial charge in [-0.15, -0.1) is 18.3 Å². The molecule has 1 spiro atoms. The van der Waals surface area contributed by atoms with E-state index >= 15 is 0 Å². The molecular weight excluding hydrogens is 440 g/mol. The highest BCUT2D eigenvalue weighted by Crippen LogP contribution is 2.71. The molecule has 3 aliphatic heterocycles. The van der Waals surface area contributed by atoms with E-state index in [1.54, 1.807) is 22.7 Å². The van der Waals surface area contributed by atoms with Gasteiger partial charge in [0.15, 0.2) is 0 Å². The van der Waals surface area contributed by atoms with Gasteiger partial charge in [0.05, 0.1) is 16.6 Å². The number of aliphatic hydroxyl groups excluding tert-OH is 1. The van der Waals surface area contributed by atoms with Crippen molar-refractivity contribution >= 4 is 29.5 Å². The number of aliphatic hydroxyl groups is 1.